The molecule has 0 unspecified atom stereocenters. The van der Waals surface area contributed by atoms with E-state index in [1.807, 2.05) is 53.9 Å². The van der Waals surface area contributed by atoms with Crippen LogP contribution in [0.15, 0.2) is 66.0 Å². The third-order valence-corrected chi connectivity index (χ3v) is 6.13. The van der Waals surface area contributed by atoms with E-state index >= 15 is 0 Å². The van der Waals surface area contributed by atoms with Crippen LogP contribution in [0.1, 0.15) is 40.0 Å². The van der Waals surface area contributed by atoms with Crippen molar-refractivity contribution in [3.8, 4) is 6.07 Å². The maximum Gasteiger partial charge on any atom is 0.225 e. The molecule has 2 atom stereocenters. The molecule has 1 aliphatic carbocycles. The van der Waals surface area contributed by atoms with E-state index in [1.54, 1.807) is 11.3 Å². The molecule has 1 amide bonds. The molecule has 0 saturated heterocycles. The highest BCUT2D eigenvalue weighted by Crippen LogP contribution is 2.45. The average molecular weight is 372 g/mol. The van der Waals surface area contributed by atoms with Gasteiger partial charge in [-0.05, 0) is 53.6 Å². The van der Waals surface area contributed by atoms with Crippen molar-refractivity contribution >= 4 is 17.2 Å². The first-order valence-corrected chi connectivity index (χ1v) is 9.88. The van der Waals surface area contributed by atoms with Crippen molar-refractivity contribution in [1.82, 2.24) is 5.32 Å². The Bertz CT molecular complexity index is 1000. The molecule has 0 saturated carbocycles. The van der Waals surface area contributed by atoms with Gasteiger partial charge >= 0.3 is 0 Å². The molecule has 1 heterocycles. The Morgan fingerprint density at radius 3 is 2.74 bits per heavy atom. The summed E-state index contributed by atoms with van der Waals surface area (Å²) in [4.78, 5) is 13.8. The van der Waals surface area contributed by atoms with Gasteiger partial charge in [-0.3, -0.25) is 4.79 Å². The number of benzene rings is 2. The molecule has 0 bridgehead atoms. The second-order valence-electron chi connectivity index (χ2n) is 7.27. The summed E-state index contributed by atoms with van der Waals surface area (Å²) in [5.41, 5.74) is 3.72. The fourth-order valence-electron chi connectivity index (χ4n) is 4.18. The minimum Gasteiger partial charge on any atom is -0.349 e. The van der Waals surface area contributed by atoms with E-state index in [2.05, 4.69) is 30.4 Å². The van der Waals surface area contributed by atoms with Gasteiger partial charge in [-0.1, -0.05) is 42.5 Å². The summed E-state index contributed by atoms with van der Waals surface area (Å²) < 4.78 is 0. The Kier molecular flexibility index (Phi) is 4.55. The molecule has 2 aromatic carbocycles. The molecule has 3 aromatic rings. The molecule has 0 fully saturated rings. The topological polar surface area (TPSA) is 52.9 Å². The second kappa shape index (κ2) is 7.02. The zero-order valence-corrected chi connectivity index (χ0v) is 15.9. The number of nitriles is 1. The van der Waals surface area contributed by atoms with Gasteiger partial charge in [0, 0.05) is 10.8 Å². The van der Waals surface area contributed by atoms with Crippen LogP contribution in [-0.4, -0.2) is 11.4 Å². The van der Waals surface area contributed by atoms with Crippen LogP contribution in [0.5, 0.6) is 0 Å². The van der Waals surface area contributed by atoms with Crippen molar-refractivity contribution in [3.63, 3.8) is 0 Å². The molecular weight excluding hydrogens is 352 g/mol. The van der Waals surface area contributed by atoms with Crippen LogP contribution in [0.2, 0.25) is 0 Å². The third kappa shape index (κ3) is 3.39. The molecular formula is C23H20N2OS. The number of thiophene rings is 1. The van der Waals surface area contributed by atoms with Crippen LogP contribution >= 0.6 is 11.3 Å². The van der Waals surface area contributed by atoms with Gasteiger partial charge in [0.1, 0.15) is 0 Å². The van der Waals surface area contributed by atoms with Crippen LogP contribution < -0.4 is 5.32 Å². The van der Waals surface area contributed by atoms with Crippen LogP contribution in [0.4, 0.5) is 0 Å². The van der Waals surface area contributed by atoms with Crippen LogP contribution in [0.3, 0.4) is 0 Å². The smallest absolute Gasteiger partial charge is 0.225 e. The van der Waals surface area contributed by atoms with E-state index in [-0.39, 0.29) is 11.8 Å². The second-order valence-corrected chi connectivity index (χ2v) is 8.30. The minimum absolute atomic E-state index is 0.0225. The lowest BCUT2D eigenvalue weighted by Crippen LogP contribution is -2.50. The lowest BCUT2D eigenvalue weighted by atomic mass is 9.80. The van der Waals surface area contributed by atoms with Crippen molar-refractivity contribution < 1.29 is 4.79 Å². The lowest BCUT2D eigenvalue weighted by Gasteiger charge is -2.33. The highest BCUT2D eigenvalue weighted by Gasteiger charge is 2.44. The molecule has 4 rings (SSSR count). The summed E-state index contributed by atoms with van der Waals surface area (Å²) in [5.74, 6) is 0.0588. The molecule has 134 valence electrons. The summed E-state index contributed by atoms with van der Waals surface area (Å²) >= 11 is 1.60. The fourth-order valence-corrected chi connectivity index (χ4v) is 4.88. The van der Waals surface area contributed by atoms with Gasteiger partial charge in [-0.25, -0.2) is 0 Å². The van der Waals surface area contributed by atoms with E-state index < -0.39 is 5.54 Å². The van der Waals surface area contributed by atoms with Crippen LogP contribution in [-0.2, 0) is 17.6 Å². The van der Waals surface area contributed by atoms with Crippen molar-refractivity contribution in [2.75, 3.05) is 0 Å². The third-order valence-electron chi connectivity index (χ3n) is 5.25. The number of fused-ring (bicyclic) bond motifs is 1. The van der Waals surface area contributed by atoms with Gasteiger partial charge in [0.15, 0.2) is 0 Å². The number of nitrogens with one attached hydrogen (secondary N) is 1. The molecule has 1 N–H and O–H groups in total. The summed E-state index contributed by atoms with van der Waals surface area (Å²) in [6.45, 7) is 2.11. The maximum absolute atomic E-state index is 12.8. The van der Waals surface area contributed by atoms with Crippen molar-refractivity contribution in [1.29, 1.82) is 5.26 Å². The van der Waals surface area contributed by atoms with Gasteiger partial charge in [0.05, 0.1) is 23.6 Å². The highest BCUT2D eigenvalue weighted by atomic mass is 32.1. The van der Waals surface area contributed by atoms with Gasteiger partial charge in [0.2, 0.25) is 5.91 Å². The molecule has 1 aromatic heterocycles. The molecule has 4 heteroatoms. The monoisotopic (exact) mass is 372 g/mol. The molecule has 1 aliphatic rings. The number of carbonyl (C=O) groups is 1. The zero-order valence-electron chi connectivity index (χ0n) is 15.1. The van der Waals surface area contributed by atoms with E-state index in [0.29, 0.717) is 12.0 Å². The Hall–Kier alpha value is -2.90. The first-order chi connectivity index (χ1) is 13.1. The summed E-state index contributed by atoms with van der Waals surface area (Å²) in [6, 6.07) is 22.3. The van der Waals surface area contributed by atoms with Crippen LogP contribution in [0, 0.1) is 11.3 Å². The lowest BCUT2D eigenvalue weighted by molar-refractivity contribution is -0.122. The summed E-state index contributed by atoms with van der Waals surface area (Å²) in [7, 11) is 0. The number of rotatable bonds is 4. The predicted octanol–water partition coefficient (Wildman–Crippen LogP) is 4.43. The number of nitrogens with zero attached hydrogens (tertiary/aromatic N) is 1. The largest absolute Gasteiger partial charge is 0.349 e. The Balaban J connectivity index is 1.70. The molecule has 0 spiro atoms. The van der Waals surface area contributed by atoms with Crippen LogP contribution in [0.25, 0.3) is 0 Å². The molecule has 0 radical (unpaired) electrons. The summed E-state index contributed by atoms with van der Waals surface area (Å²) in [6.07, 6.45) is 1.15. The number of amides is 1. The normalized spacial score (nSPS) is 20.7. The number of hydrogen-bond donors (Lipinski definition) is 1. The minimum atomic E-state index is -0.424. The number of hydrogen-bond acceptors (Lipinski definition) is 3. The molecule has 3 nitrogen and oxygen atoms in total. The fraction of sp³-hybridized carbons (Fsp3) is 0.217. The molecule has 27 heavy (non-hydrogen) atoms. The van der Waals surface area contributed by atoms with E-state index in [4.69, 9.17) is 0 Å². The zero-order chi connectivity index (χ0) is 18.9. The van der Waals surface area contributed by atoms with E-state index in [9.17, 15) is 10.1 Å². The maximum atomic E-state index is 12.8. The molecule has 0 aliphatic heterocycles. The van der Waals surface area contributed by atoms with Gasteiger partial charge in [-0.15, -0.1) is 11.3 Å². The standard InChI is InChI=1S/C23H20N2OS/c1-23(25-21(26)13-19-8-5-11-27-19)14-18-10-9-16(15-24)12-20(18)22(23)17-6-3-2-4-7-17/h2-12,22H,13-14H2,1H3,(H,25,26)/t22-,23+/m1/s1. The Morgan fingerprint density at radius 1 is 1.22 bits per heavy atom. The van der Waals surface area contributed by atoms with E-state index in [0.717, 1.165) is 22.4 Å². The quantitative estimate of drug-likeness (QED) is 0.737. The Morgan fingerprint density at radius 2 is 2.04 bits per heavy atom. The SMILES string of the molecule is C[C@]1(NC(=O)Cc2cccs2)Cc2ccc(C#N)cc2[C@H]1c1ccccc1. The van der Waals surface area contributed by atoms with Crippen molar-refractivity contribution in [2.45, 2.75) is 31.2 Å². The first-order valence-electron chi connectivity index (χ1n) is 9.00. The van der Waals surface area contributed by atoms with Gasteiger partial charge in [-0.2, -0.15) is 5.26 Å². The average Bonchev–Trinajstić information content (AvgIpc) is 3.26. The Labute approximate surface area is 163 Å². The number of carbonyl (C=O) groups excluding carboxylic acids is 1. The summed E-state index contributed by atoms with van der Waals surface area (Å²) in [5, 5.41) is 14.6. The van der Waals surface area contributed by atoms with E-state index in [1.165, 1.54) is 5.56 Å². The predicted molar refractivity (Wildman–Crippen MR) is 108 cm³/mol. The van der Waals surface area contributed by atoms with Gasteiger partial charge < -0.3 is 5.32 Å². The first kappa shape index (κ1) is 17.5. The van der Waals surface area contributed by atoms with Gasteiger partial charge in [0.25, 0.3) is 0 Å². The van der Waals surface area contributed by atoms with Crippen molar-refractivity contribution in [3.05, 3.63) is 93.2 Å². The highest BCUT2D eigenvalue weighted by molar-refractivity contribution is 7.10. The van der Waals surface area contributed by atoms with Crippen molar-refractivity contribution in [2.24, 2.45) is 0 Å².